The van der Waals surface area contributed by atoms with Crippen LogP contribution in [0.2, 0.25) is 0 Å². The standard InChI is InChI=1S/C26H29N7O2S/c1-15(29)25(35)31-18-9-11-33(12-10-18)24-19(13-27)21(16-7-8-16)20(14-28)26(32-24)36-22(23(30)34)17-5-3-2-4-6-17/h2-6,15-16,18,22H,7-12,29H2,1H3,(H2,30,34)(H,31,35). The van der Waals surface area contributed by atoms with Crippen LogP contribution >= 0.6 is 11.8 Å². The highest BCUT2D eigenvalue weighted by Gasteiger charge is 2.36. The van der Waals surface area contributed by atoms with E-state index in [9.17, 15) is 20.1 Å². The molecule has 1 aromatic carbocycles. The molecule has 0 bridgehead atoms. The van der Waals surface area contributed by atoms with Gasteiger partial charge in [0.15, 0.2) is 0 Å². The number of pyridine rings is 1. The van der Waals surface area contributed by atoms with Gasteiger partial charge in [-0.25, -0.2) is 4.98 Å². The van der Waals surface area contributed by atoms with Gasteiger partial charge in [-0.05, 0) is 49.7 Å². The van der Waals surface area contributed by atoms with Crippen molar-refractivity contribution < 1.29 is 9.59 Å². The number of thioether (sulfide) groups is 1. The van der Waals surface area contributed by atoms with Gasteiger partial charge in [-0.3, -0.25) is 9.59 Å². The molecule has 0 radical (unpaired) electrons. The average molecular weight is 504 g/mol. The van der Waals surface area contributed by atoms with Crippen LogP contribution in [-0.2, 0) is 9.59 Å². The second-order valence-corrected chi connectivity index (χ2v) is 10.4. The topological polar surface area (TPSA) is 162 Å². The molecule has 2 aromatic rings. The molecule has 0 spiro atoms. The van der Waals surface area contributed by atoms with Crippen LogP contribution in [-0.4, -0.2) is 42.0 Å². The number of aromatic nitrogens is 1. The molecule has 4 rings (SSSR count). The minimum absolute atomic E-state index is 0.00209. The Bertz CT molecular complexity index is 1220. The van der Waals surface area contributed by atoms with Crippen LogP contribution in [0.25, 0.3) is 0 Å². The SMILES string of the molecule is CC(N)C(=O)NC1CCN(c2nc(SC(C(N)=O)c3ccccc3)c(C#N)c(C3CC3)c2C#N)CC1. The summed E-state index contributed by atoms with van der Waals surface area (Å²) in [6.45, 7) is 2.82. The number of carbonyl (C=O) groups excluding carboxylic acids is 2. The molecule has 2 atom stereocenters. The zero-order chi connectivity index (χ0) is 25.8. The molecule has 1 aromatic heterocycles. The molecule has 2 unspecified atom stereocenters. The zero-order valence-corrected chi connectivity index (χ0v) is 20.9. The van der Waals surface area contributed by atoms with Crippen molar-refractivity contribution in [2.75, 3.05) is 18.0 Å². The Morgan fingerprint density at radius 1 is 1.11 bits per heavy atom. The van der Waals surface area contributed by atoms with Gasteiger partial charge in [0.25, 0.3) is 0 Å². The predicted octanol–water partition coefficient (Wildman–Crippen LogP) is 2.45. The second kappa shape index (κ2) is 11.0. The molecular weight excluding hydrogens is 474 g/mol. The highest BCUT2D eigenvalue weighted by Crippen LogP contribution is 2.48. The van der Waals surface area contributed by atoms with E-state index in [4.69, 9.17) is 16.5 Å². The van der Waals surface area contributed by atoms with E-state index < -0.39 is 17.2 Å². The van der Waals surface area contributed by atoms with Crippen LogP contribution in [0.4, 0.5) is 5.82 Å². The second-order valence-electron chi connectivity index (χ2n) is 9.27. The summed E-state index contributed by atoms with van der Waals surface area (Å²) < 4.78 is 0. The molecule has 2 amide bonds. The molecule has 1 saturated heterocycles. The largest absolute Gasteiger partial charge is 0.368 e. The van der Waals surface area contributed by atoms with E-state index in [0.717, 1.165) is 35.7 Å². The maximum atomic E-state index is 12.4. The molecule has 9 nitrogen and oxygen atoms in total. The lowest BCUT2D eigenvalue weighted by atomic mass is 9.98. The number of benzene rings is 1. The number of rotatable bonds is 8. The van der Waals surface area contributed by atoms with Crippen molar-refractivity contribution in [2.24, 2.45) is 11.5 Å². The zero-order valence-electron chi connectivity index (χ0n) is 20.1. The first-order chi connectivity index (χ1) is 17.3. The van der Waals surface area contributed by atoms with E-state index in [1.807, 2.05) is 35.2 Å². The Morgan fingerprint density at radius 2 is 1.75 bits per heavy atom. The third-order valence-corrected chi connectivity index (χ3v) is 7.80. The van der Waals surface area contributed by atoms with Crippen LogP contribution in [0.15, 0.2) is 35.4 Å². The summed E-state index contributed by atoms with van der Waals surface area (Å²) in [5, 5.41) is 22.9. The summed E-state index contributed by atoms with van der Waals surface area (Å²) in [7, 11) is 0. The number of amides is 2. The fraction of sp³-hybridized carbons (Fsp3) is 0.423. The first-order valence-corrected chi connectivity index (χ1v) is 12.9. The first-order valence-electron chi connectivity index (χ1n) is 12.0. The summed E-state index contributed by atoms with van der Waals surface area (Å²) >= 11 is 1.15. The van der Waals surface area contributed by atoms with E-state index in [0.29, 0.717) is 47.9 Å². The fourth-order valence-corrected chi connectivity index (χ4v) is 5.52. The summed E-state index contributed by atoms with van der Waals surface area (Å²) in [5.74, 6) is -0.0617. The number of carbonyl (C=O) groups is 2. The Balaban J connectivity index is 1.69. The molecule has 5 N–H and O–H groups in total. The van der Waals surface area contributed by atoms with E-state index in [2.05, 4.69) is 17.5 Å². The minimum Gasteiger partial charge on any atom is -0.368 e. The van der Waals surface area contributed by atoms with E-state index in [-0.39, 0.29) is 17.9 Å². The van der Waals surface area contributed by atoms with Gasteiger partial charge in [-0.2, -0.15) is 10.5 Å². The lowest BCUT2D eigenvalue weighted by Gasteiger charge is -2.34. The maximum Gasteiger partial charge on any atom is 0.236 e. The molecule has 36 heavy (non-hydrogen) atoms. The predicted molar refractivity (Wildman–Crippen MR) is 137 cm³/mol. The Morgan fingerprint density at radius 3 is 2.28 bits per heavy atom. The number of nitrogens with zero attached hydrogens (tertiary/aromatic N) is 4. The van der Waals surface area contributed by atoms with E-state index in [1.165, 1.54) is 0 Å². The van der Waals surface area contributed by atoms with Crippen molar-refractivity contribution in [3.8, 4) is 12.1 Å². The Kier molecular flexibility index (Phi) is 7.78. The van der Waals surface area contributed by atoms with Crippen LogP contribution in [0, 0.1) is 22.7 Å². The summed E-state index contributed by atoms with van der Waals surface area (Å²) in [4.78, 5) is 31.2. The highest BCUT2D eigenvalue weighted by molar-refractivity contribution is 8.00. The number of nitrogens with two attached hydrogens (primary N) is 2. The van der Waals surface area contributed by atoms with Crippen molar-refractivity contribution in [1.82, 2.24) is 10.3 Å². The summed E-state index contributed by atoms with van der Waals surface area (Å²) in [6, 6.07) is 13.2. The fourth-order valence-electron chi connectivity index (χ4n) is 4.48. The van der Waals surface area contributed by atoms with Crippen LogP contribution in [0.1, 0.15) is 66.0 Å². The summed E-state index contributed by atoms with van der Waals surface area (Å²) in [6.07, 6.45) is 3.17. The average Bonchev–Trinajstić information content (AvgIpc) is 3.72. The van der Waals surface area contributed by atoms with Gasteiger partial charge in [0, 0.05) is 19.1 Å². The van der Waals surface area contributed by atoms with Crippen molar-refractivity contribution >= 4 is 29.4 Å². The third-order valence-electron chi connectivity index (χ3n) is 6.54. The monoisotopic (exact) mass is 503 g/mol. The Hall–Kier alpha value is -3.60. The lowest BCUT2D eigenvalue weighted by Crippen LogP contribution is -2.49. The lowest BCUT2D eigenvalue weighted by molar-refractivity contribution is -0.122. The minimum atomic E-state index is -0.724. The number of hydrogen-bond acceptors (Lipinski definition) is 8. The van der Waals surface area contributed by atoms with Crippen LogP contribution in [0.5, 0.6) is 0 Å². The number of primary amides is 1. The van der Waals surface area contributed by atoms with Crippen molar-refractivity contribution in [3.63, 3.8) is 0 Å². The first kappa shape index (κ1) is 25.5. The van der Waals surface area contributed by atoms with Gasteiger partial charge in [0.2, 0.25) is 11.8 Å². The van der Waals surface area contributed by atoms with Crippen molar-refractivity contribution in [2.45, 2.75) is 60.9 Å². The van der Waals surface area contributed by atoms with Gasteiger partial charge in [0.1, 0.15) is 28.2 Å². The molecule has 2 heterocycles. The molecule has 186 valence electrons. The van der Waals surface area contributed by atoms with Gasteiger partial charge in [-0.1, -0.05) is 42.1 Å². The highest BCUT2D eigenvalue weighted by atomic mass is 32.2. The maximum absolute atomic E-state index is 12.4. The molecule has 1 aliphatic heterocycles. The Labute approximate surface area is 214 Å². The molecule has 2 fully saturated rings. The van der Waals surface area contributed by atoms with E-state index in [1.54, 1.807) is 6.92 Å². The number of nitrogens with one attached hydrogen (secondary N) is 1. The third kappa shape index (κ3) is 5.46. The smallest absolute Gasteiger partial charge is 0.236 e. The molecule has 1 saturated carbocycles. The molecule has 10 heteroatoms. The molecule has 1 aliphatic carbocycles. The number of piperidine rings is 1. The van der Waals surface area contributed by atoms with Crippen molar-refractivity contribution in [3.05, 3.63) is 52.6 Å². The van der Waals surface area contributed by atoms with Gasteiger partial charge >= 0.3 is 0 Å². The van der Waals surface area contributed by atoms with E-state index >= 15 is 0 Å². The van der Waals surface area contributed by atoms with Crippen molar-refractivity contribution in [1.29, 1.82) is 10.5 Å². The molecule has 2 aliphatic rings. The summed E-state index contributed by atoms with van der Waals surface area (Å²) in [5.41, 5.74) is 13.7. The van der Waals surface area contributed by atoms with Crippen LogP contribution in [0.3, 0.4) is 0 Å². The van der Waals surface area contributed by atoms with Gasteiger partial charge in [0.05, 0.1) is 17.2 Å². The van der Waals surface area contributed by atoms with Crippen LogP contribution < -0.4 is 21.7 Å². The van der Waals surface area contributed by atoms with Gasteiger partial charge < -0.3 is 21.7 Å². The normalized spacial score (nSPS) is 17.5. The quantitative estimate of drug-likeness (QED) is 0.463. The number of hydrogen-bond donors (Lipinski definition) is 3. The number of nitriles is 2. The number of anilines is 1. The molecular formula is C26H29N7O2S. The van der Waals surface area contributed by atoms with Gasteiger partial charge in [-0.15, -0.1) is 0 Å².